The first kappa shape index (κ1) is 16.1. The fraction of sp³-hybridized carbons (Fsp3) is 0.500. The van der Waals surface area contributed by atoms with Crippen molar-refractivity contribution in [2.75, 3.05) is 19.8 Å². The lowest BCUT2D eigenvalue weighted by Gasteiger charge is -2.08. The zero-order valence-electron chi connectivity index (χ0n) is 11.8. The van der Waals surface area contributed by atoms with E-state index < -0.39 is 4.92 Å². The van der Waals surface area contributed by atoms with E-state index in [0.29, 0.717) is 25.6 Å². The normalized spacial score (nSPS) is 10.3. The Balaban J connectivity index is 2.57. The van der Waals surface area contributed by atoms with Crippen LogP contribution in [0.15, 0.2) is 18.2 Å². The lowest BCUT2D eigenvalue weighted by Crippen LogP contribution is -2.08. The molecule has 0 aromatic heterocycles. The summed E-state index contributed by atoms with van der Waals surface area (Å²) in [5, 5.41) is 10.8. The highest BCUT2D eigenvalue weighted by Gasteiger charge is 2.17. The van der Waals surface area contributed by atoms with E-state index in [1.165, 1.54) is 25.1 Å². The van der Waals surface area contributed by atoms with Crippen molar-refractivity contribution < 1.29 is 19.2 Å². The van der Waals surface area contributed by atoms with Gasteiger partial charge in [0.25, 0.3) is 5.69 Å². The molecule has 6 heteroatoms. The van der Waals surface area contributed by atoms with Gasteiger partial charge < -0.3 is 9.47 Å². The summed E-state index contributed by atoms with van der Waals surface area (Å²) >= 11 is 0. The quantitative estimate of drug-likeness (QED) is 0.301. The van der Waals surface area contributed by atoms with E-state index in [-0.39, 0.29) is 17.0 Å². The highest BCUT2D eigenvalue weighted by Crippen LogP contribution is 2.24. The Labute approximate surface area is 117 Å². The predicted octanol–water partition coefficient (Wildman–Crippen LogP) is 2.99. The molecule has 0 unspecified atom stereocenters. The highest BCUT2D eigenvalue weighted by atomic mass is 16.6. The largest absolute Gasteiger partial charge is 0.491 e. The number of ether oxygens (including phenoxy) is 2. The first-order valence-corrected chi connectivity index (χ1v) is 6.56. The van der Waals surface area contributed by atoms with Crippen molar-refractivity contribution >= 4 is 11.5 Å². The van der Waals surface area contributed by atoms with E-state index in [0.717, 1.165) is 12.8 Å². The Bertz CT molecular complexity index is 473. The summed E-state index contributed by atoms with van der Waals surface area (Å²) < 4.78 is 10.7. The molecule has 0 amide bonds. The smallest absolute Gasteiger partial charge is 0.280 e. The summed E-state index contributed by atoms with van der Waals surface area (Å²) in [5.41, 5.74) is -0.150. The van der Waals surface area contributed by atoms with Gasteiger partial charge in [-0.15, -0.1) is 0 Å². The van der Waals surface area contributed by atoms with Crippen LogP contribution < -0.4 is 4.74 Å². The van der Waals surface area contributed by atoms with Gasteiger partial charge in [0, 0.05) is 12.7 Å². The van der Waals surface area contributed by atoms with Gasteiger partial charge in [0.05, 0.1) is 17.1 Å². The molecule has 0 radical (unpaired) electrons. The van der Waals surface area contributed by atoms with Crippen LogP contribution in [-0.4, -0.2) is 30.5 Å². The average Bonchev–Trinajstić information content (AvgIpc) is 2.42. The lowest BCUT2D eigenvalue weighted by molar-refractivity contribution is -0.385. The average molecular weight is 281 g/mol. The van der Waals surface area contributed by atoms with E-state index in [1.807, 2.05) is 0 Å². The number of hydrogen-bond donors (Lipinski definition) is 0. The molecule has 0 N–H and O–H groups in total. The molecule has 110 valence electrons. The zero-order valence-corrected chi connectivity index (χ0v) is 11.8. The number of rotatable bonds is 9. The molecule has 0 heterocycles. The van der Waals surface area contributed by atoms with Gasteiger partial charge in [0.2, 0.25) is 0 Å². The zero-order chi connectivity index (χ0) is 15.0. The van der Waals surface area contributed by atoms with Gasteiger partial charge >= 0.3 is 0 Å². The second-order valence-electron chi connectivity index (χ2n) is 4.31. The van der Waals surface area contributed by atoms with Crippen LogP contribution in [0.3, 0.4) is 0 Å². The molecule has 0 fully saturated rings. The molecule has 0 aliphatic carbocycles. The van der Waals surface area contributed by atoms with Gasteiger partial charge in [-0.3, -0.25) is 14.9 Å². The first-order valence-electron chi connectivity index (χ1n) is 6.56. The van der Waals surface area contributed by atoms with Crippen LogP contribution in [-0.2, 0) is 4.74 Å². The van der Waals surface area contributed by atoms with E-state index in [1.54, 1.807) is 0 Å². The highest BCUT2D eigenvalue weighted by molar-refractivity contribution is 5.98. The Morgan fingerprint density at radius 1 is 1.30 bits per heavy atom. The third-order valence-corrected chi connectivity index (χ3v) is 2.68. The number of Topliss-reactive ketones (excluding diaryl/α,β-unsaturated/α-hetero) is 1. The third-order valence-electron chi connectivity index (χ3n) is 2.68. The Morgan fingerprint density at radius 3 is 2.65 bits per heavy atom. The SMILES string of the molecule is CCCCOCCOc1ccc([N+](=O)[O-])c(C(C)=O)c1. The molecule has 0 spiro atoms. The number of hydrogen-bond acceptors (Lipinski definition) is 5. The molecule has 1 aromatic carbocycles. The van der Waals surface area contributed by atoms with E-state index in [9.17, 15) is 14.9 Å². The maximum Gasteiger partial charge on any atom is 0.280 e. The summed E-state index contributed by atoms with van der Waals surface area (Å²) in [6.07, 6.45) is 2.08. The number of nitrogens with zero attached hydrogens (tertiary/aromatic N) is 1. The summed E-state index contributed by atoms with van der Waals surface area (Å²) in [5.74, 6) is 0.0706. The van der Waals surface area contributed by atoms with Crippen LogP contribution in [0.25, 0.3) is 0 Å². The molecule has 0 saturated carbocycles. The maximum absolute atomic E-state index is 11.4. The minimum atomic E-state index is -0.575. The second-order valence-corrected chi connectivity index (χ2v) is 4.31. The van der Waals surface area contributed by atoms with Crippen LogP contribution in [0.1, 0.15) is 37.0 Å². The molecule has 0 aliphatic rings. The van der Waals surface area contributed by atoms with E-state index in [4.69, 9.17) is 9.47 Å². The van der Waals surface area contributed by atoms with Crippen LogP contribution in [0.2, 0.25) is 0 Å². The molecule has 6 nitrogen and oxygen atoms in total. The number of carbonyl (C=O) groups is 1. The van der Waals surface area contributed by atoms with Crippen LogP contribution in [0.4, 0.5) is 5.69 Å². The van der Waals surface area contributed by atoms with Gasteiger partial charge in [-0.1, -0.05) is 13.3 Å². The Kier molecular flexibility index (Phi) is 6.66. The van der Waals surface area contributed by atoms with Crippen molar-refractivity contribution in [2.45, 2.75) is 26.7 Å². The molecule has 1 aromatic rings. The topological polar surface area (TPSA) is 78.7 Å². The van der Waals surface area contributed by atoms with E-state index >= 15 is 0 Å². The van der Waals surface area contributed by atoms with Crippen molar-refractivity contribution in [1.82, 2.24) is 0 Å². The summed E-state index contributed by atoms with van der Waals surface area (Å²) in [7, 11) is 0. The molecule has 0 aliphatic heterocycles. The van der Waals surface area contributed by atoms with Gasteiger partial charge in [0.15, 0.2) is 5.78 Å². The van der Waals surface area contributed by atoms with Crippen molar-refractivity contribution in [3.63, 3.8) is 0 Å². The van der Waals surface area contributed by atoms with Crippen LogP contribution in [0, 0.1) is 10.1 Å². The molecule has 1 rings (SSSR count). The first-order chi connectivity index (χ1) is 9.56. The monoisotopic (exact) mass is 281 g/mol. The fourth-order valence-electron chi connectivity index (χ4n) is 1.61. The van der Waals surface area contributed by atoms with Crippen molar-refractivity contribution in [2.24, 2.45) is 0 Å². The number of nitro benzene ring substituents is 1. The maximum atomic E-state index is 11.4. The number of nitro groups is 1. The predicted molar refractivity (Wildman–Crippen MR) is 74.3 cm³/mol. The van der Waals surface area contributed by atoms with Crippen LogP contribution >= 0.6 is 0 Å². The molecule has 0 atom stereocenters. The van der Waals surface area contributed by atoms with Gasteiger partial charge in [-0.25, -0.2) is 0 Å². The minimum Gasteiger partial charge on any atom is -0.491 e. The number of ketones is 1. The van der Waals surface area contributed by atoms with Crippen molar-refractivity contribution in [1.29, 1.82) is 0 Å². The summed E-state index contributed by atoms with van der Waals surface area (Å²) in [6.45, 7) is 4.87. The van der Waals surface area contributed by atoms with Gasteiger partial charge in [0.1, 0.15) is 12.4 Å². The summed E-state index contributed by atoms with van der Waals surface area (Å²) in [6, 6.07) is 4.16. The fourth-order valence-corrected chi connectivity index (χ4v) is 1.61. The van der Waals surface area contributed by atoms with Gasteiger partial charge in [-0.2, -0.15) is 0 Å². The van der Waals surface area contributed by atoms with Crippen LogP contribution in [0.5, 0.6) is 5.75 Å². The molecule has 20 heavy (non-hydrogen) atoms. The molecule has 0 saturated heterocycles. The number of benzene rings is 1. The third kappa shape index (κ3) is 4.97. The second kappa shape index (κ2) is 8.27. The molecule has 0 bridgehead atoms. The minimum absolute atomic E-state index is 0.0550. The number of carbonyl (C=O) groups excluding carboxylic acids is 1. The lowest BCUT2D eigenvalue weighted by atomic mass is 10.1. The van der Waals surface area contributed by atoms with E-state index in [2.05, 4.69) is 6.92 Å². The Hall–Kier alpha value is -1.95. The van der Waals surface area contributed by atoms with Crippen molar-refractivity contribution in [3.8, 4) is 5.75 Å². The Morgan fingerprint density at radius 2 is 2.05 bits per heavy atom. The van der Waals surface area contributed by atoms with Crippen molar-refractivity contribution in [3.05, 3.63) is 33.9 Å². The van der Waals surface area contributed by atoms with Gasteiger partial charge in [-0.05, 0) is 25.5 Å². The standard InChI is InChI=1S/C14H19NO5/c1-3-4-7-19-8-9-20-12-5-6-14(15(17)18)13(10-12)11(2)16/h5-6,10H,3-4,7-9H2,1-2H3. The summed E-state index contributed by atoms with van der Waals surface area (Å²) in [4.78, 5) is 21.6. The number of unbranched alkanes of at least 4 members (excludes halogenated alkanes) is 1. The molecular weight excluding hydrogens is 262 g/mol. The molecular formula is C14H19NO5.